The molecule has 81 valence electrons. The van der Waals surface area contributed by atoms with Gasteiger partial charge in [-0.15, -0.1) is 0 Å². The second kappa shape index (κ2) is 4.24. The summed E-state index contributed by atoms with van der Waals surface area (Å²) in [6.07, 6.45) is 13.3. The fraction of sp³-hybridized carbons (Fsp3) is 0.929. The van der Waals surface area contributed by atoms with Gasteiger partial charge in [0.25, 0.3) is 0 Å². The summed E-state index contributed by atoms with van der Waals surface area (Å²) in [4.78, 5) is 0. The van der Waals surface area contributed by atoms with Crippen molar-refractivity contribution in [1.82, 2.24) is 0 Å². The molecule has 0 aliphatic heterocycles. The lowest BCUT2D eigenvalue weighted by atomic mass is 9.63. The minimum absolute atomic E-state index is 0.618. The fourth-order valence-corrected chi connectivity index (χ4v) is 3.58. The van der Waals surface area contributed by atoms with Crippen LogP contribution < -0.4 is 0 Å². The molecule has 0 bridgehead atoms. The Kier molecular flexibility index (Phi) is 3.19. The zero-order valence-corrected chi connectivity index (χ0v) is 9.94. The SMILES string of the molecule is C[C](C1CCCC1)C1(C)CCCCC1. The van der Waals surface area contributed by atoms with Crippen LogP contribution in [0.4, 0.5) is 0 Å². The van der Waals surface area contributed by atoms with E-state index in [9.17, 15) is 0 Å². The molecule has 2 aliphatic rings. The van der Waals surface area contributed by atoms with Gasteiger partial charge in [0.05, 0.1) is 0 Å². The molecule has 0 atom stereocenters. The van der Waals surface area contributed by atoms with Crippen LogP contribution in [-0.4, -0.2) is 0 Å². The fourth-order valence-electron chi connectivity index (χ4n) is 3.58. The second-order valence-corrected chi connectivity index (χ2v) is 5.79. The van der Waals surface area contributed by atoms with Crippen molar-refractivity contribution in [2.45, 2.75) is 71.6 Å². The van der Waals surface area contributed by atoms with Crippen LogP contribution in [-0.2, 0) is 0 Å². The maximum absolute atomic E-state index is 2.53. The summed E-state index contributed by atoms with van der Waals surface area (Å²) in [5, 5.41) is 0. The van der Waals surface area contributed by atoms with Crippen molar-refractivity contribution >= 4 is 0 Å². The summed E-state index contributed by atoms with van der Waals surface area (Å²) in [6, 6.07) is 0. The van der Waals surface area contributed by atoms with Gasteiger partial charge in [-0.25, -0.2) is 0 Å². The molecule has 0 aromatic heterocycles. The van der Waals surface area contributed by atoms with Gasteiger partial charge in [-0.3, -0.25) is 0 Å². The van der Waals surface area contributed by atoms with Crippen molar-refractivity contribution in [2.75, 3.05) is 0 Å². The van der Waals surface area contributed by atoms with Crippen LogP contribution in [0.5, 0.6) is 0 Å². The van der Waals surface area contributed by atoms with E-state index in [2.05, 4.69) is 13.8 Å². The Morgan fingerprint density at radius 1 is 0.929 bits per heavy atom. The van der Waals surface area contributed by atoms with Gasteiger partial charge in [0.1, 0.15) is 0 Å². The minimum atomic E-state index is 0.618. The Morgan fingerprint density at radius 2 is 1.50 bits per heavy atom. The van der Waals surface area contributed by atoms with Crippen molar-refractivity contribution in [3.63, 3.8) is 0 Å². The van der Waals surface area contributed by atoms with Crippen molar-refractivity contribution in [2.24, 2.45) is 11.3 Å². The molecule has 0 nitrogen and oxygen atoms in total. The van der Waals surface area contributed by atoms with Crippen molar-refractivity contribution < 1.29 is 0 Å². The van der Waals surface area contributed by atoms with E-state index in [1.54, 1.807) is 0 Å². The van der Waals surface area contributed by atoms with Crippen molar-refractivity contribution in [1.29, 1.82) is 0 Å². The predicted molar refractivity (Wildman–Crippen MR) is 62.1 cm³/mol. The molecule has 14 heavy (non-hydrogen) atoms. The summed E-state index contributed by atoms with van der Waals surface area (Å²) < 4.78 is 0. The molecule has 0 amide bonds. The van der Waals surface area contributed by atoms with Gasteiger partial charge in [-0.05, 0) is 42.9 Å². The zero-order valence-electron chi connectivity index (χ0n) is 9.94. The van der Waals surface area contributed by atoms with E-state index in [-0.39, 0.29) is 0 Å². The maximum atomic E-state index is 2.53. The lowest BCUT2D eigenvalue weighted by molar-refractivity contribution is 0.200. The average molecular weight is 193 g/mol. The smallest absolute Gasteiger partial charge is 0.0182 e. The van der Waals surface area contributed by atoms with Gasteiger partial charge < -0.3 is 0 Å². The van der Waals surface area contributed by atoms with E-state index >= 15 is 0 Å². The van der Waals surface area contributed by atoms with Crippen LogP contribution in [0.3, 0.4) is 0 Å². The quantitative estimate of drug-likeness (QED) is 0.594. The first kappa shape index (κ1) is 10.5. The highest BCUT2D eigenvalue weighted by Crippen LogP contribution is 2.49. The van der Waals surface area contributed by atoms with E-state index in [1.165, 1.54) is 57.8 Å². The lowest BCUT2D eigenvalue weighted by Crippen LogP contribution is -2.30. The van der Waals surface area contributed by atoms with E-state index in [0.29, 0.717) is 5.41 Å². The topological polar surface area (TPSA) is 0 Å². The monoisotopic (exact) mass is 193 g/mol. The minimum Gasteiger partial charge on any atom is -0.0591 e. The molecular weight excluding hydrogens is 168 g/mol. The van der Waals surface area contributed by atoms with Crippen LogP contribution in [0.15, 0.2) is 0 Å². The second-order valence-electron chi connectivity index (χ2n) is 5.79. The molecule has 0 N–H and O–H groups in total. The highest BCUT2D eigenvalue weighted by atomic mass is 14.4. The first-order valence-electron chi connectivity index (χ1n) is 6.56. The van der Waals surface area contributed by atoms with Crippen LogP contribution in [0.1, 0.15) is 71.6 Å². The van der Waals surface area contributed by atoms with Crippen molar-refractivity contribution in [3.05, 3.63) is 5.92 Å². The highest BCUT2D eigenvalue weighted by Gasteiger charge is 2.37. The summed E-state index contributed by atoms with van der Waals surface area (Å²) >= 11 is 0. The van der Waals surface area contributed by atoms with Gasteiger partial charge in [-0.2, -0.15) is 0 Å². The summed E-state index contributed by atoms with van der Waals surface area (Å²) in [5.41, 5.74) is 0.618. The summed E-state index contributed by atoms with van der Waals surface area (Å²) in [5.74, 6) is 2.84. The summed E-state index contributed by atoms with van der Waals surface area (Å²) in [7, 11) is 0. The Bertz CT molecular complexity index is 170. The third-order valence-electron chi connectivity index (χ3n) is 4.88. The molecule has 0 spiro atoms. The number of hydrogen-bond acceptors (Lipinski definition) is 0. The van der Waals surface area contributed by atoms with Crippen molar-refractivity contribution in [3.8, 4) is 0 Å². The molecule has 0 saturated heterocycles. The largest absolute Gasteiger partial charge is 0.0591 e. The van der Waals surface area contributed by atoms with Crippen LogP contribution in [0, 0.1) is 17.3 Å². The first-order chi connectivity index (χ1) is 6.72. The van der Waals surface area contributed by atoms with E-state index in [0.717, 1.165) is 5.92 Å². The van der Waals surface area contributed by atoms with Gasteiger partial charge in [-0.1, -0.05) is 46.0 Å². The maximum Gasteiger partial charge on any atom is -0.0182 e. The number of hydrogen-bond donors (Lipinski definition) is 0. The molecule has 2 saturated carbocycles. The van der Waals surface area contributed by atoms with Crippen LogP contribution in [0.25, 0.3) is 0 Å². The zero-order chi connectivity index (χ0) is 10.0. The Labute approximate surface area is 89.5 Å². The highest BCUT2D eigenvalue weighted by molar-refractivity contribution is 5.07. The van der Waals surface area contributed by atoms with E-state index < -0.39 is 0 Å². The number of rotatable bonds is 2. The Balaban J connectivity index is 1.96. The molecule has 2 rings (SSSR count). The van der Waals surface area contributed by atoms with Crippen LogP contribution >= 0.6 is 0 Å². The standard InChI is InChI=1S/C14H25/c1-12(13-8-4-5-9-13)14(2)10-6-3-7-11-14/h13H,3-11H2,1-2H3. The lowest BCUT2D eigenvalue weighted by Gasteiger charge is -2.41. The molecule has 2 aliphatic carbocycles. The average Bonchev–Trinajstić information content (AvgIpc) is 2.70. The Hall–Kier alpha value is 0. The van der Waals surface area contributed by atoms with E-state index in [4.69, 9.17) is 0 Å². The molecular formula is C14H25. The first-order valence-corrected chi connectivity index (χ1v) is 6.56. The third kappa shape index (κ3) is 1.99. The van der Waals surface area contributed by atoms with Gasteiger partial charge in [0.15, 0.2) is 0 Å². The molecule has 0 heterocycles. The normalized spacial score (nSPS) is 28.5. The Morgan fingerprint density at radius 3 is 2.07 bits per heavy atom. The summed E-state index contributed by atoms with van der Waals surface area (Å²) in [6.45, 7) is 4.99. The molecule has 1 radical (unpaired) electrons. The molecule has 0 aromatic carbocycles. The van der Waals surface area contributed by atoms with Gasteiger partial charge in [0, 0.05) is 0 Å². The predicted octanol–water partition coefficient (Wildman–Crippen LogP) is 4.74. The van der Waals surface area contributed by atoms with Gasteiger partial charge in [0.2, 0.25) is 0 Å². The molecule has 0 unspecified atom stereocenters. The molecule has 0 aromatic rings. The van der Waals surface area contributed by atoms with E-state index in [1.807, 2.05) is 5.92 Å². The molecule has 2 fully saturated rings. The third-order valence-corrected chi connectivity index (χ3v) is 4.88. The molecule has 0 heteroatoms. The van der Waals surface area contributed by atoms with Gasteiger partial charge >= 0.3 is 0 Å². The van der Waals surface area contributed by atoms with Crippen LogP contribution in [0.2, 0.25) is 0 Å².